The van der Waals surface area contributed by atoms with Crippen molar-refractivity contribution in [2.24, 2.45) is 5.10 Å². The minimum atomic E-state index is -0.477. The normalized spacial score (nSPS) is 11.4. The second kappa shape index (κ2) is 10.0. The number of carbonyl (C=O) groups is 1. The standard InChI is InChI=1S/C27H17Br2FN2O3/c28-19-11-18-12-25(35-26(18)23(29)13-19)27(33)32-31-14-22-21-4-2-1-3-17(21)7-10-24(22)34-15-16-5-8-20(30)9-6-16/h1-14H,15H2,(H,32,33)/b31-14-. The van der Waals surface area contributed by atoms with E-state index in [9.17, 15) is 9.18 Å². The molecule has 0 bridgehead atoms. The van der Waals surface area contributed by atoms with Gasteiger partial charge in [0.05, 0.1) is 10.7 Å². The molecule has 0 unspecified atom stereocenters. The van der Waals surface area contributed by atoms with Gasteiger partial charge < -0.3 is 9.15 Å². The lowest BCUT2D eigenvalue weighted by Gasteiger charge is -2.12. The number of nitrogens with zero attached hydrogens (tertiary/aromatic N) is 1. The van der Waals surface area contributed by atoms with Crippen molar-refractivity contribution in [3.63, 3.8) is 0 Å². The number of benzene rings is 4. The predicted octanol–water partition coefficient (Wildman–Crippen LogP) is 7.59. The number of halogens is 3. The maximum absolute atomic E-state index is 13.2. The lowest BCUT2D eigenvalue weighted by Crippen LogP contribution is -2.16. The lowest BCUT2D eigenvalue weighted by atomic mass is 10.0. The number of ether oxygens (including phenoxy) is 1. The lowest BCUT2D eigenvalue weighted by molar-refractivity contribution is 0.0929. The minimum absolute atomic E-state index is 0.140. The van der Waals surface area contributed by atoms with Gasteiger partial charge in [0.2, 0.25) is 0 Å². The Labute approximate surface area is 216 Å². The smallest absolute Gasteiger partial charge is 0.307 e. The summed E-state index contributed by atoms with van der Waals surface area (Å²) in [6.07, 6.45) is 1.55. The van der Waals surface area contributed by atoms with Crippen LogP contribution in [-0.4, -0.2) is 12.1 Å². The number of fused-ring (bicyclic) bond motifs is 2. The molecule has 1 aromatic heterocycles. The van der Waals surface area contributed by atoms with Gasteiger partial charge in [0.25, 0.3) is 0 Å². The molecule has 174 valence electrons. The van der Waals surface area contributed by atoms with E-state index >= 15 is 0 Å². The molecule has 0 spiro atoms. The highest BCUT2D eigenvalue weighted by Gasteiger charge is 2.14. The molecule has 1 amide bonds. The number of hydrogen-bond donors (Lipinski definition) is 1. The van der Waals surface area contributed by atoms with Crippen LogP contribution in [-0.2, 0) is 6.61 Å². The van der Waals surface area contributed by atoms with Crippen LogP contribution in [0.5, 0.6) is 5.75 Å². The fourth-order valence-corrected chi connectivity index (χ4v) is 5.01. The average Bonchev–Trinajstić information content (AvgIpc) is 3.29. The first-order valence-electron chi connectivity index (χ1n) is 10.6. The summed E-state index contributed by atoms with van der Waals surface area (Å²) < 4.78 is 26.5. The zero-order valence-electron chi connectivity index (χ0n) is 18.1. The van der Waals surface area contributed by atoms with E-state index in [1.54, 1.807) is 24.4 Å². The number of furan rings is 1. The molecular formula is C27H17Br2FN2O3. The SMILES string of the molecule is O=C(N/N=C\c1c(OCc2ccc(F)cc2)ccc2ccccc12)c1cc2cc(Br)cc(Br)c2o1. The van der Waals surface area contributed by atoms with Crippen molar-refractivity contribution in [2.75, 3.05) is 0 Å². The first-order chi connectivity index (χ1) is 17.0. The average molecular weight is 596 g/mol. The Morgan fingerprint density at radius 3 is 2.63 bits per heavy atom. The first-order valence-corrected chi connectivity index (χ1v) is 12.2. The highest BCUT2D eigenvalue weighted by molar-refractivity contribution is 9.11. The minimum Gasteiger partial charge on any atom is -0.488 e. The third kappa shape index (κ3) is 5.13. The van der Waals surface area contributed by atoms with Crippen LogP contribution in [0.2, 0.25) is 0 Å². The zero-order valence-corrected chi connectivity index (χ0v) is 21.3. The van der Waals surface area contributed by atoms with E-state index in [2.05, 4.69) is 42.4 Å². The van der Waals surface area contributed by atoms with Crippen LogP contribution >= 0.6 is 31.9 Å². The molecule has 0 aliphatic heterocycles. The molecule has 8 heteroatoms. The maximum atomic E-state index is 13.2. The summed E-state index contributed by atoms with van der Waals surface area (Å²) in [6, 6.07) is 23.1. The summed E-state index contributed by atoms with van der Waals surface area (Å²) in [4.78, 5) is 12.7. The Bertz CT molecular complexity index is 1580. The molecule has 1 N–H and O–H groups in total. The van der Waals surface area contributed by atoms with Gasteiger partial charge in [-0.1, -0.05) is 58.4 Å². The summed E-state index contributed by atoms with van der Waals surface area (Å²) >= 11 is 6.87. The largest absolute Gasteiger partial charge is 0.488 e. The van der Waals surface area contributed by atoms with Crippen molar-refractivity contribution in [2.45, 2.75) is 6.61 Å². The van der Waals surface area contributed by atoms with Crippen molar-refractivity contribution >= 4 is 65.7 Å². The molecule has 1 heterocycles. The molecule has 0 radical (unpaired) electrons. The van der Waals surface area contributed by atoms with Crippen LogP contribution in [0.25, 0.3) is 21.7 Å². The van der Waals surface area contributed by atoms with E-state index in [1.165, 1.54) is 12.1 Å². The first kappa shape index (κ1) is 23.3. The van der Waals surface area contributed by atoms with Crippen LogP contribution in [0, 0.1) is 5.82 Å². The topological polar surface area (TPSA) is 63.8 Å². The van der Waals surface area contributed by atoms with Gasteiger partial charge in [0.15, 0.2) is 5.76 Å². The van der Waals surface area contributed by atoms with Gasteiger partial charge in [-0.25, -0.2) is 9.82 Å². The fourth-order valence-electron chi connectivity index (χ4n) is 3.67. The van der Waals surface area contributed by atoms with Gasteiger partial charge in [-0.15, -0.1) is 0 Å². The quantitative estimate of drug-likeness (QED) is 0.162. The molecule has 4 aromatic carbocycles. The summed E-state index contributed by atoms with van der Waals surface area (Å²) in [6.45, 7) is 0.259. The molecule has 0 saturated heterocycles. The highest BCUT2D eigenvalue weighted by Crippen LogP contribution is 2.31. The van der Waals surface area contributed by atoms with E-state index in [0.29, 0.717) is 16.9 Å². The Morgan fingerprint density at radius 1 is 1.00 bits per heavy atom. The van der Waals surface area contributed by atoms with Gasteiger partial charge in [-0.05, 0) is 68.7 Å². The fraction of sp³-hybridized carbons (Fsp3) is 0.0370. The number of carbonyl (C=O) groups excluding carboxylic acids is 1. The molecule has 5 aromatic rings. The third-order valence-electron chi connectivity index (χ3n) is 5.36. The van der Waals surface area contributed by atoms with E-state index < -0.39 is 5.91 Å². The summed E-state index contributed by atoms with van der Waals surface area (Å²) in [7, 11) is 0. The van der Waals surface area contributed by atoms with E-state index in [0.717, 1.165) is 30.7 Å². The molecular weight excluding hydrogens is 579 g/mol. The summed E-state index contributed by atoms with van der Waals surface area (Å²) in [5, 5.41) is 6.87. The monoisotopic (exact) mass is 594 g/mol. The second-order valence-corrected chi connectivity index (χ2v) is 9.50. The molecule has 5 rings (SSSR count). The van der Waals surface area contributed by atoms with Crippen molar-refractivity contribution in [3.05, 3.63) is 111 Å². The van der Waals surface area contributed by atoms with Gasteiger partial charge in [0, 0.05) is 15.4 Å². The molecule has 35 heavy (non-hydrogen) atoms. The summed E-state index contributed by atoms with van der Waals surface area (Å²) in [5.74, 6) is -0.0489. The summed E-state index contributed by atoms with van der Waals surface area (Å²) in [5.41, 5.74) is 4.65. The second-order valence-electron chi connectivity index (χ2n) is 7.73. The molecule has 5 nitrogen and oxygen atoms in total. The van der Waals surface area contributed by atoms with Gasteiger partial charge >= 0.3 is 5.91 Å². The van der Waals surface area contributed by atoms with Crippen molar-refractivity contribution in [1.29, 1.82) is 0 Å². The Kier molecular flexibility index (Phi) is 6.66. The zero-order chi connectivity index (χ0) is 24.4. The van der Waals surface area contributed by atoms with Crippen LogP contribution in [0.15, 0.2) is 97.3 Å². The van der Waals surface area contributed by atoms with Gasteiger partial charge in [-0.2, -0.15) is 5.10 Å². The Hall–Kier alpha value is -3.49. The predicted molar refractivity (Wildman–Crippen MR) is 141 cm³/mol. The molecule has 0 fully saturated rings. The van der Waals surface area contributed by atoms with Crippen LogP contribution < -0.4 is 10.2 Å². The number of rotatable bonds is 6. The Morgan fingerprint density at radius 2 is 1.80 bits per heavy atom. The van der Waals surface area contributed by atoms with Crippen molar-refractivity contribution in [1.82, 2.24) is 5.43 Å². The van der Waals surface area contributed by atoms with Crippen molar-refractivity contribution in [3.8, 4) is 5.75 Å². The Balaban J connectivity index is 1.39. The van der Waals surface area contributed by atoms with Crippen LogP contribution in [0.3, 0.4) is 0 Å². The third-order valence-corrected chi connectivity index (χ3v) is 6.40. The van der Waals surface area contributed by atoms with Gasteiger partial charge in [0.1, 0.15) is 23.8 Å². The molecule has 0 atom stereocenters. The number of hydrogen-bond acceptors (Lipinski definition) is 4. The maximum Gasteiger partial charge on any atom is 0.307 e. The van der Waals surface area contributed by atoms with E-state index in [1.807, 2.05) is 48.5 Å². The van der Waals surface area contributed by atoms with Crippen LogP contribution in [0.1, 0.15) is 21.7 Å². The number of amides is 1. The van der Waals surface area contributed by atoms with Gasteiger partial charge in [-0.3, -0.25) is 4.79 Å². The van der Waals surface area contributed by atoms with E-state index in [-0.39, 0.29) is 18.2 Å². The number of nitrogens with one attached hydrogen (secondary N) is 1. The van der Waals surface area contributed by atoms with Crippen LogP contribution in [0.4, 0.5) is 4.39 Å². The van der Waals surface area contributed by atoms with Crippen molar-refractivity contribution < 1.29 is 18.3 Å². The molecule has 0 aliphatic carbocycles. The molecule has 0 saturated carbocycles. The molecule has 0 aliphatic rings. The number of hydrazone groups is 1. The highest BCUT2D eigenvalue weighted by atomic mass is 79.9. The van der Waals surface area contributed by atoms with E-state index in [4.69, 9.17) is 9.15 Å².